The van der Waals surface area contributed by atoms with Gasteiger partial charge in [-0.25, -0.2) is 9.97 Å². The van der Waals surface area contributed by atoms with E-state index < -0.39 is 18.9 Å². The number of nitrogens with zero attached hydrogens (tertiary/aromatic N) is 3. The first-order valence-corrected chi connectivity index (χ1v) is 6.75. The van der Waals surface area contributed by atoms with Crippen molar-refractivity contribution in [2.45, 2.75) is 19.5 Å². The fraction of sp³-hybridized carbons (Fsp3) is 0.267. The quantitative estimate of drug-likeness (QED) is 0.665. The van der Waals surface area contributed by atoms with Crippen molar-refractivity contribution in [3.05, 3.63) is 30.6 Å². The molecule has 2 heterocycles. The van der Waals surface area contributed by atoms with Crippen molar-refractivity contribution in [1.29, 1.82) is 0 Å². The first-order chi connectivity index (χ1) is 11.1. The molecule has 0 spiro atoms. The van der Waals surface area contributed by atoms with E-state index in [-0.39, 0.29) is 19.0 Å². The molecule has 3 N–H and O–H groups in total. The van der Waals surface area contributed by atoms with Crippen LogP contribution in [-0.2, 0) is 11.3 Å². The maximum absolute atomic E-state index is 11.5. The minimum Gasteiger partial charge on any atom is -0.394 e. The lowest BCUT2D eigenvalue weighted by Gasteiger charge is -2.11. The van der Waals surface area contributed by atoms with Crippen molar-refractivity contribution in [3.8, 4) is 0 Å². The molecule has 7 nitrogen and oxygen atoms in total. The summed E-state index contributed by atoms with van der Waals surface area (Å²) >= 11 is 0. The van der Waals surface area contributed by atoms with Gasteiger partial charge in [-0.1, -0.05) is 18.2 Å². The smallest absolute Gasteiger partial charge is 0.222 e. The van der Waals surface area contributed by atoms with Crippen molar-refractivity contribution in [1.82, 2.24) is 14.5 Å². The van der Waals surface area contributed by atoms with Crippen molar-refractivity contribution in [3.63, 3.8) is 0 Å². The van der Waals surface area contributed by atoms with Gasteiger partial charge < -0.3 is 20.1 Å². The number of hydrogen-bond donors (Lipinski definition) is 3. The molecule has 0 radical (unpaired) electrons. The van der Waals surface area contributed by atoms with E-state index in [1.807, 2.05) is 24.3 Å². The predicted octanol–water partition coefficient (Wildman–Crippen LogP) is 0.896. The average Bonchev–Trinajstić information content (AvgIpc) is 2.99. The molecule has 0 saturated carbocycles. The molecule has 0 aliphatic rings. The van der Waals surface area contributed by atoms with Gasteiger partial charge in [0, 0.05) is 13.7 Å². The summed E-state index contributed by atoms with van der Waals surface area (Å²) in [6.07, 6.45) is 0.624. The number of carbonyl (C=O) groups excluding carboxylic acids is 1. The van der Waals surface area contributed by atoms with E-state index in [9.17, 15) is 9.90 Å². The van der Waals surface area contributed by atoms with Crippen LogP contribution in [0.25, 0.3) is 21.9 Å². The van der Waals surface area contributed by atoms with Crippen LogP contribution in [0.1, 0.15) is 8.27 Å². The van der Waals surface area contributed by atoms with Gasteiger partial charge in [0.2, 0.25) is 5.91 Å². The zero-order valence-corrected chi connectivity index (χ0v) is 11.7. The van der Waals surface area contributed by atoms with Crippen LogP contribution >= 0.6 is 0 Å². The second-order valence-electron chi connectivity index (χ2n) is 4.96. The van der Waals surface area contributed by atoms with Crippen LogP contribution < -0.4 is 5.32 Å². The SMILES string of the molecule is [3H]CC(=O)Nc1nc2ccccc2c2c1ncn2CC(O)CO. The summed E-state index contributed by atoms with van der Waals surface area (Å²) < 4.78 is 8.84. The number of para-hydroxylation sites is 1. The molecule has 0 aliphatic carbocycles. The van der Waals surface area contributed by atoms with E-state index in [2.05, 4.69) is 15.3 Å². The number of hydrogen-bond acceptors (Lipinski definition) is 5. The van der Waals surface area contributed by atoms with Crippen molar-refractivity contribution < 1.29 is 16.4 Å². The number of aromatic nitrogens is 3. The molecule has 22 heavy (non-hydrogen) atoms. The Bertz CT molecular complexity index is 864. The molecule has 3 rings (SSSR count). The lowest BCUT2D eigenvalue weighted by atomic mass is 10.2. The van der Waals surface area contributed by atoms with Crippen LogP contribution in [0.15, 0.2) is 30.6 Å². The Morgan fingerprint density at radius 3 is 3.09 bits per heavy atom. The fourth-order valence-electron chi connectivity index (χ4n) is 2.43. The summed E-state index contributed by atoms with van der Waals surface area (Å²) in [5.41, 5.74) is 1.86. The van der Waals surface area contributed by atoms with Crippen LogP contribution in [0.5, 0.6) is 0 Å². The molecule has 0 saturated heterocycles. The van der Waals surface area contributed by atoms with Gasteiger partial charge in [0.15, 0.2) is 5.82 Å². The van der Waals surface area contributed by atoms with E-state index in [4.69, 9.17) is 6.48 Å². The van der Waals surface area contributed by atoms with Crippen LogP contribution in [0, 0.1) is 0 Å². The Labute approximate surface area is 127 Å². The van der Waals surface area contributed by atoms with E-state index in [0.717, 1.165) is 5.39 Å². The van der Waals surface area contributed by atoms with Gasteiger partial charge in [-0.15, -0.1) is 0 Å². The van der Waals surface area contributed by atoms with Gasteiger partial charge in [0.1, 0.15) is 5.52 Å². The predicted molar refractivity (Wildman–Crippen MR) is 82.4 cm³/mol. The number of carbonyl (C=O) groups is 1. The van der Waals surface area contributed by atoms with Crippen molar-refractivity contribution >= 4 is 33.7 Å². The van der Waals surface area contributed by atoms with Crippen LogP contribution in [0.3, 0.4) is 0 Å². The van der Waals surface area contributed by atoms with Gasteiger partial charge in [-0.2, -0.15) is 0 Å². The molecule has 1 amide bonds. The zero-order valence-electron chi connectivity index (χ0n) is 12.7. The lowest BCUT2D eigenvalue weighted by molar-refractivity contribution is -0.114. The highest BCUT2D eigenvalue weighted by molar-refractivity contribution is 6.09. The number of nitrogens with one attached hydrogen (secondary N) is 1. The Morgan fingerprint density at radius 1 is 1.50 bits per heavy atom. The second-order valence-corrected chi connectivity index (χ2v) is 4.96. The highest BCUT2D eigenvalue weighted by Gasteiger charge is 2.16. The maximum Gasteiger partial charge on any atom is 0.222 e. The molecule has 1 unspecified atom stereocenters. The molecule has 0 aliphatic heterocycles. The number of pyridine rings is 1. The maximum atomic E-state index is 11.5. The Morgan fingerprint density at radius 2 is 2.32 bits per heavy atom. The molecule has 0 bridgehead atoms. The number of imidazole rings is 1. The van der Waals surface area contributed by atoms with E-state index in [1.54, 1.807) is 4.57 Å². The molecule has 114 valence electrons. The summed E-state index contributed by atoms with van der Waals surface area (Å²) in [6, 6.07) is 7.39. The molecule has 3 aromatic rings. The molecule has 0 fully saturated rings. The largest absolute Gasteiger partial charge is 0.394 e. The molecule has 7 heteroatoms. The third kappa shape index (κ3) is 2.51. The summed E-state index contributed by atoms with van der Waals surface area (Å²) in [5, 5.41) is 22.2. The molecular formula is C15H16N4O3. The number of rotatable bonds is 4. The van der Waals surface area contributed by atoms with Gasteiger partial charge in [0.05, 0.1) is 36.6 Å². The highest BCUT2D eigenvalue weighted by atomic mass is 16.3. The number of aliphatic hydroxyl groups is 2. The molecular weight excluding hydrogens is 284 g/mol. The minimum absolute atomic E-state index is 0.173. The Hall–Kier alpha value is -2.51. The number of benzene rings is 1. The first-order valence-electron chi connectivity index (χ1n) is 7.46. The Balaban J connectivity index is 2.22. The molecule has 1 atom stereocenters. The summed E-state index contributed by atoms with van der Waals surface area (Å²) in [4.78, 5) is 20.2. The third-order valence-corrected chi connectivity index (χ3v) is 3.33. The number of amides is 1. The third-order valence-electron chi connectivity index (χ3n) is 3.33. The van der Waals surface area contributed by atoms with E-state index in [0.29, 0.717) is 16.6 Å². The normalized spacial score (nSPS) is 13.3. The van der Waals surface area contributed by atoms with Crippen molar-refractivity contribution in [2.75, 3.05) is 11.9 Å². The highest BCUT2D eigenvalue weighted by Crippen LogP contribution is 2.28. The monoisotopic (exact) mass is 302 g/mol. The van der Waals surface area contributed by atoms with Gasteiger partial charge >= 0.3 is 0 Å². The average molecular weight is 302 g/mol. The summed E-state index contributed by atoms with van der Waals surface area (Å²) in [5.74, 6) is -0.188. The topological polar surface area (TPSA) is 100 Å². The van der Waals surface area contributed by atoms with Gasteiger partial charge in [-0.05, 0) is 6.07 Å². The standard InChI is InChI=1S/C15H16N4O3/c1-9(21)17-15-13-14(11-4-2-3-5-12(11)18-15)19(8-16-13)6-10(22)7-20/h2-5,8,10,20,22H,6-7H2,1H3,(H,17,18,21)/i1T. The number of fused-ring (bicyclic) bond motifs is 3. The number of aliphatic hydroxyl groups excluding tert-OH is 2. The summed E-state index contributed by atoms with van der Waals surface area (Å²) in [6.45, 7) is -0.585. The van der Waals surface area contributed by atoms with E-state index >= 15 is 0 Å². The second kappa shape index (κ2) is 5.70. The van der Waals surface area contributed by atoms with Gasteiger partial charge in [-0.3, -0.25) is 4.79 Å². The van der Waals surface area contributed by atoms with Crippen LogP contribution in [0.4, 0.5) is 5.82 Å². The van der Waals surface area contributed by atoms with Gasteiger partial charge in [0.25, 0.3) is 0 Å². The minimum atomic E-state index is -0.911. The summed E-state index contributed by atoms with van der Waals surface area (Å²) in [7, 11) is 0. The van der Waals surface area contributed by atoms with Crippen LogP contribution in [0.2, 0.25) is 0 Å². The number of anilines is 1. The first kappa shape index (κ1) is 13.2. The lowest BCUT2D eigenvalue weighted by Crippen LogP contribution is -2.19. The Kier molecular flexibility index (Phi) is 3.42. The van der Waals surface area contributed by atoms with Crippen molar-refractivity contribution in [2.24, 2.45) is 0 Å². The zero-order chi connectivity index (χ0) is 16.4. The fourth-order valence-corrected chi connectivity index (χ4v) is 2.43. The van der Waals surface area contributed by atoms with Crippen LogP contribution in [-0.4, -0.2) is 43.4 Å². The molecule has 1 aromatic carbocycles. The van der Waals surface area contributed by atoms with E-state index in [1.165, 1.54) is 6.33 Å². The molecule has 2 aromatic heterocycles.